The summed E-state index contributed by atoms with van der Waals surface area (Å²) in [7, 11) is 0. The Labute approximate surface area is 169 Å². The van der Waals surface area contributed by atoms with Crippen LogP contribution in [-0.2, 0) is 0 Å². The van der Waals surface area contributed by atoms with Crippen LogP contribution < -0.4 is 15.4 Å². The van der Waals surface area contributed by atoms with E-state index in [-0.39, 0.29) is 24.0 Å². The van der Waals surface area contributed by atoms with Gasteiger partial charge in [-0.05, 0) is 61.9 Å². The van der Waals surface area contributed by atoms with E-state index in [0.717, 1.165) is 21.4 Å². The van der Waals surface area contributed by atoms with Crippen LogP contribution in [-0.4, -0.2) is 17.6 Å². The maximum absolute atomic E-state index is 13.6. The molecule has 1 aliphatic rings. The minimum atomic E-state index is -0.308. The van der Waals surface area contributed by atoms with Crippen molar-refractivity contribution in [3.8, 4) is 0 Å². The molecule has 5 nitrogen and oxygen atoms in total. The Morgan fingerprint density at radius 2 is 1.68 bits per heavy atom. The lowest BCUT2D eigenvalue weighted by Crippen LogP contribution is -2.45. The number of fused-ring (bicyclic) bond motifs is 1. The Kier molecular flexibility index (Phi) is 4.55. The molecule has 1 amide bonds. The van der Waals surface area contributed by atoms with Gasteiger partial charge in [0.2, 0.25) is 5.56 Å². The van der Waals surface area contributed by atoms with Crippen molar-refractivity contribution in [2.24, 2.45) is 0 Å². The molecule has 28 heavy (non-hydrogen) atoms. The van der Waals surface area contributed by atoms with Crippen molar-refractivity contribution in [2.45, 2.75) is 13.8 Å². The Bertz CT molecular complexity index is 1160. The van der Waals surface area contributed by atoms with Crippen LogP contribution in [0.5, 0.6) is 0 Å². The first-order valence-corrected chi connectivity index (χ1v) is 9.49. The van der Waals surface area contributed by atoms with Crippen LogP contribution in [0.25, 0.3) is 0 Å². The minimum absolute atomic E-state index is 0.159. The number of hydrogen-bond donors (Lipinski definition) is 1. The van der Waals surface area contributed by atoms with Crippen LogP contribution in [0.4, 0.5) is 21.5 Å². The standard InChI is InChI=1S/C21H17BrFN3O2/c1-12-9-15(23)4-6-17(12)25-11-26(18-7-8-20(27)24-13(18)2)21(28)16-5-3-14(22)10-19(16)25/h3-10H,11H2,1-2H3,(H,24,27). The summed E-state index contributed by atoms with van der Waals surface area (Å²) in [6.45, 7) is 3.83. The van der Waals surface area contributed by atoms with E-state index in [1.807, 2.05) is 24.0 Å². The Morgan fingerprint density at radius 1 is 0.929 bits per heavy atom. The van der Waals surface area contributed by atoms with E-state index in [2.05, 4.69) is 20.9 Å². The first kappa shape index (κ1) is 18.4. The van der Waals surface area contributed by atoms with Gasteiger partial charge in [-0.15, -0.1) is 0 Å². The highest BCUT2D eigenvalue weighted by molar-refractivity contribution is 9.10. The van der Waals surface area contributed by atoms with Gasteiger partial charge in [0.15, 0.2) is 0 Å². The van der Waals surface area contributed by atoms with Crippen LogP contribution in [0, 0.1) is 19.7 Å². The summed E-state index contributed by atoms with van der Waals surface area (Å²) >= 11 is 3.47. The molecule has 1 N–H and O–H groups in total. The van der Waals surface area contributed by atoms with Crippen molar-refractivity contribution in [3.63, 3.8) is 0 Å². The highest BCUT2D eigenvalue weighted by Crippen LogP contribution is 2.38. The largest absolute Gasteiger partial charge is 0.324 e. The van der Waals surface area contributed by atoms with Gasteiger partial charge in [0, 0.05) is 21.9 Å². The van der Waals surface area contributed by atoms with Crippen LogP contribution >= 0.6 is 15.9 Å². The summed E-state index contributed by atoms with van der Waals surface area (Å²) in [5, 5.41) is 0. The zero-order chi connectivity index (χ0) is 20.0. The molecule has 4 rings (SSSR count). The molecular formula is C21H17BrFN3O2. The molecule has 0 saturated carbocycles. The molecule has 0 radical (unpaired) electrons. The molecule has 1 aliphatic heterocycles. The summed E-state index contributed by atoms with van der Waals surface area (Å²) in [6, 6.07) is 13.1. The lowest BCUT2D eigenvalue weighted by Gasteiger charge is -2.39. The zero-order valence-corrected chi connectivity index (χ0v) is 16.9. The smallest absolute Gasteiger partial charge is 0.261 e. The van der Waals surface area contributed by atoms with Crippen molar-refractivity contribution in [3.05, 3.63) is 86.0 Å². The molecule has 0 atom stereocenters. The first-order valence-electron chi connectivity index (χ1n) is 8.70. The number of H-pyrrole nitrogens is 1. The third kappa shape index (κ3) is 3.11. The van der Waals surface area contributed by atoms with E-state index in [4.69, 9.17) is 0 Å². The van der Waals surface area contributed by atoms with E-state index in [1.165, 1.54) is 18.2 Å². The van der Waals surface area contributed by atoms with Crippen molar-refractivity contribution in [1.82, 2.24) is 4.98 Å². The van der Waals surface area contributed by atoms with Crippen molar-refractivity contribution in [1.29, 1.82) is 0 Å². The molecular weight excluding hydrogens is 425 g/mol. The summed E-state index contributed by atoms with van der Waals surface area (Å²) < 4.78 is 14.5. The maximum atomic E-state index is 13.6. The molecule has 0 fully saturated rings. The van der Waals surface area contributed by atoms with Gasteiger partial charge in [-0.25, -0.2) is 4.39 Å². The fourth-order valence-corrected chi connectivity index (χ4v) is 3.86. The minimum Gasteiger partial charge on any atom is -0.324 e. The number of carbonyl (C=O) groups is 1. The highest BCUT2D eigenvalue weighted by atomic mass is 79.9. The van der Waals surface area contributed by atoms with Crippen LogP contribution in [0.3, 0.4) is 0 Å². The molecule has 2 aromatic carbocycles. The summed E-state index contributed by atoms with van der Waals surface area (Å²) in [4.78, 5) is 31.1. The predicted molar refractivity (Wildman–Crippen MR) is 111 cm³/mol. The molecule has 1 aromatic heterocycles. The monoisotopic (exact) mass is 441 g/mol. The quantitative estimate of drug-likeness (QED) is 0.629. The Hall–Kier alpha value is -2.93. The van der Waals surface area contributed by atoms with Crippen molar-refractivity contribution in [2.75, 3.05) is 16.5 Å². The number of aromatic nitrogens is 1. The highest BCUT2D eigenvalue weighted by Gasteiger charge is 2.32. The number of anilines is 3. The van der Waals surface area contributed by atoms with E-state index < -0.39 is 0 Å². The van der Waals surface area contributed by atoms with Crippen LogP contribution in [0.1, 0.15) is 21.6 Å². The second kappa shape index (κ2) is 6.91. The van der Waals surface area contributed by atoms with Gasteiger partial charge in [0.05, 0.1) is 16.9 Å². The number of carbonyl (C=O) groups excluding carboxylic acids is 1. The number of nitrogens with one attached hydrogen (secondary N) is 1. The third-order valence-corrected chi connectivity index (χ3v) is 5.33. The number of hydrogen-bond acceptors (Lipinski definition) is 3. The predicted octanol–water partition coefficient (Wildman–Crippen LogP) is 4.65. The van der Waals surface area contributed by atoms with E-state index in [9.17, 15) is 14.0 Å². The molecule has 0 saturated heterocycles. The molecule has 0 bridgehead atoms. The second-order valence-corrected chi connectivity index (χ2v) is 7.64. The summed E-state index contributed by atoms with van der Waals surface area (Å²) in [5.41, 5.74) is 3.86. The average molecular weight is 442 g/mol. The molecule has 142 valence electrons. The van der Waals surface area contributed by atoms with Crippen molar-refractivity contribution < 1.29 is 9.18 Å². The van der Waals surface area contributed by atoms with Gasteiger partial charge in [-0.2, -0.15) is 0 Å². The van der Waals surface area contributed by atoms with Gasteiger partial charge < -0.3 is 9.88 Å². The van der Waals surface area contributed by atoms with E-state index in [1.54, 1.807) is 30.0 Å². The second-order valence-electron chi connectivity index (χ2n) is 6.73. The number of benzene rings is 2. The van der Waals surface area contributed by atoms with Gasteiger partial charge in [0.25, 0.3) is 5.91 Å². The topological polar surface area (TPSA) is 56.4 Å². The van der Waals surface area contributed by atoms with Gasteiger partial charge in [-0.1, -0.05) is 15.9 Å². The maximum Gasteiger partial charge on any atom is 0.261 e. The van der Waals surface area contributed by atoms with Crippen LogP contribution in [0.2, 0.25) is 0 Å². The summed E-state index contributed by atoms with van der Waals surface area (Å²) in [5.74, 6) is -0.467. The van der Waals surface area contributed by atoms with E-state index in [0.29, 0.717) is 16.9 Å². The normalized spacial score (nSPS) is 13.6. The summed E-state index contributed by atoms with van der Waals surface area (Å²) in [6.07, 6.45) is 0. The number of rotatable bonds is 2. The average Bonchev–Trinajstić information content (AvgIpc) is 2.63. The van der Waals surface area contributed by atoms with Gasteiger partial charge >= 0.3 is 0 Å². The molecule has 2 heterocycles. The molecule has 0 aliphatic carbocycles. The van der Waals surface area contributed by atoms with Gasteiger partial charge in [-0.3, -0.25) is 14.5 Å². The fraction of sp³-hybridized carbons (Fsp3) is 0.143. The van der Waals surface area contributed by atoms with Gasteiger partial charge in [0.1, 0.15) is 12.5 Å². The SMILES string of the molecule is Cc1cc(F)ccc1N1CN(c2ccc(=O)[nH]c2C)C(=O)c2ccc(Br)cc21. The Balaban J connectivity index is 1.90. The number of aryl methyl sites for hydroxylation is 2. The lowest BCUT2D eigenvalue weighted by molar-refractivity contribution is 0.0983. The number of aromatic amines is 1. The zero-order valence-electron chi connectivity index (χ0n) is 15.3. The Morgan fingerprint density at radius 3 is 2.39 bits per heavy atom. The first-order chi connectivity index (χ1) is 13.3. The molecule has 7 heteroatoms. The molecule has 0 unspecified atom stereocenters. The third-order valence-electron chi connectivity index (χ3n) is 4.84. The number of nitrogens with zero attached hydrogens (tertiary/aromatic N) is 2. The fourth-order valence-electron chi connectivity index (χ4n) is 3.51. The molecule has 0 spiro atoms. The van der Waals surface area contributed by atoms with Crippen molar-refractivity contribution >= 4 is 38.9 Å². The lowest BCUT2D eigenvalue weighted by atomic mass is 10.0. The number of halogens is 2. The van der Waals surface area contributed by atoms with Crippen LogP contribution in [0.15, 0.2) is 57.8 Å². The number of amides is 1. The molecule has 3 aromatic rings. The number of pyridine rings is 1. The van der Waals surface area contributed by atoms with E-state index >= 15 is 0 Å².